The summed E-state index contributed by atoms with van der Waals surface area (Å²) in [7, 11) is -2.62. The Labute approximate surface area is 150 Å². The van der Waals surface area contributed by atoms with Crippen molar-refractivity contribution in [1.82, 2.24) is 10.2 Å². The van der Waals surface area contributed by atoms with Crippen molar-refractivity contribution in [2.75, 3.05) is 7.11 Å². The number of hydrogen-bond donors (Lipinski definition) is 2. The average molecular weight is 379 g/mol. The molecular weight excluding hydrogens is 362 g/mol. The van der Waals surface area contributed by atoms with E-state index >= 15 is 0 Å². The standard InChI is InChI=1S/C16H17N3O6S/c1-11(13-4-3-5-14(10-13)19(21)22)17-16(20)12-6-8-15(9-7-12)26(23,24)18-25-2/h3-11,18H,1-2H3,(H,17,20). The van der Waals surface area contributed by atoms with Gasteiger partial charge in [-0.15, -0.1) is 0 Å². The molecule has 0 aliphatic rings. The highest BCUT2D eigenvalue weighted by molar-refractivity contribution is 7.89. The first-order valence-corrected chi connectivity index (χ1v) is 8.93. The minimum absolute atomic E-state index is 0.0531. The predicted molar refractivity (Wildman–Crippen MR) is 92.8 cm³/mol. The summed E-state index contributed by atoms with van der Waals surface area (Å²) >= 11 is 0. The maximum absolute atomic E-state index is 12.3. The molecule has 0 aliphatic heterocycles. The van der Waals surface area contributed by atoms with Gasteiger partial charge >= 0.3 is 0 Å². The minimum atomic E-state index is -3.80. The Morgan fingerprint density at radius 1 is 1.19 bits per heavy atom. The minimum Gasteiger partial charge on any atom is -0.346 e. The average Bonchev–Trinajstić information content (AvgIpc) is 2.61. The van der Waals surface area contributed by atoms with Crippen molar-refractivity contribution < 1.29 is 23.0 Å². The summed E-state index contributed by atoms with van der Waals surface area (Å²) in [6, 6.07) is 10.8. The SMILES string of the molecule is CONS(=O)(=O)c1ccc(C(=O)NC(C)c2cccc([N+](=O)[O-])c2)cc1. The number of rotatable bonds is 7. The van der Waals surface area contributed by atoms with Crippen molar-refractivity contribution in [2.45, 2.75) is 17.9 Å². The largest absolute Gasteiger partial charge is 0.346 e. The Hall–Kier alpha value is -2.82. The van der Waals surface area contributed by atoms with Gasteiger partial charge in [0.05, 0.1) is 23.0 Å². The number of nitrogens with one attached hydrogen (secondary N) is 2. The van der Waals surface area contributed by atoms with Crippen molar-refractivity contribution in [3.63, 3.8) is 0 Å². The Morgan fingerprint density at radius 2 is 1.85 bits per heavy atom. The van der Waals surface area contributed by atoms with E-state index in [-0.39, 0.29) is 16.1 Å². The maximum atomic E-state index is 12.3. The molecule has 2 N–H and O–H groups in total. The number of carbonyl (C=O) groups is 1. The van der Waals surface area contributed by atoms with Crippen LogP contribution in [0.15, 0.2) is 53.4 Å². The van der Waals surface area contributed by atoms with Crippen molar-refractivity contribution in [1.29, 1.82) is 0 Å². The number of benzene rings is 2. The third-order valence-corrected chi connectivity index (χ3v) is 4.83. The Kier molecular flexibility index (Phi) is 6.03. The smallest absolute Gasteiger partial charge is 0.269 e. The van der Waals surface area contributed by atoms with Gasteiger partial charge in [0, 0.05) is 17.7 Å². The van der Waals surface area contributed by atoms with Crippen LogP contribution in [-0.4, -0.2) is 26.4 Å². The number of carbonyl (C=O) groups excluding carboxylic acids is 1. The van der Waals surface area contributed by atoms with E-state index in [9.17, 15) is 23.3 Å². The number of nitrogens with zero attached hydrogens (tertiary/aromatic N) is 1. The summed E-state index contributed by atoms with van der Waals surface area (Å²) in [6.45, 7) is 1.69. The third-order valence-electron chi connectivity index (χ3n) is 3.55. The van der Waals surface area contributed by atoms with Crippen LogP contribution in [0.25, 0.3) is 0 Å². The molecule has 1 amide bonds. The predicted octanol–water partition coefficient (Wildman–Crippen LogP) is 1.93. The molecule has 0 radical (unpaired) electrons. The lowest BCUT2D eigenvalue weighted by molar-refractivity contribution is -0.384. The normalized spacial score (nSPS) is 12.4. The van der Waals surface area contributed by atoms with Crippen LogP contribution in [0.4, 0.5) is 5.69 Å². The lowest BCUT2D eigenvalue weighted by Crippen LogP contribution is -2.27. The van der Waals surface area contributed by atoms with Gasteiger partial charge in [0.2, 0.25) is 0 Å². The summed E-state index contributed by atoms with van der Waals surface area (Å²) < 4.78 is 23.5. The van der Waals surface area contributed by atoms with Crippen LogP contribution in [0, 0.1) is 10.1 Å². The molecule has 138 valence electrons. The Morgan fingerprint density at radius 3 is 2.42 bits per heavy atom. The molecule has 0 fully saturated rings. The van der Waals surface area contributed by atoms with Gasteiger partial charge in [0.25, 0.3) is 21.6 Å². The second kappa shape index (κ2) is 8.04. The van der Waals surface area contributed by atoms with E-state index in [2.05, 4.69) is 10.2 Å². The van der Waals surface area contributed by atoms with E-state index in [1.165, 1.54) is 43.5 Å². The molecule has 2 aromatic rings. The molecule has 26 heavy (non-hydrogen) atoms. The van der Waals surface area contributed by atoms with Crippen LogP contribution in [0.2, 0.25) is 0 Å². The van der Waals surface area contributed by atoms with E-state index < -0.39 is 26.9 Å². The van der Waals surface area contributed by atoms with Gasteiger partial charge in [-0.25, -0.2) is 8.42 Å². The lowest BCUT2D eigenvalue weighted by atomic mass is 10.1. The molecule has 0 spiro atoms. The zero-order chi connectivity index (χ0) is 19.3. The van der Waals surface area contributed by atoms with Gasteiger partial charge in [-0.3, -0.25) is 19.7 Å². The lowest BCUT2D eigenvalue weighted by Gasteiger charge is -2.14. The fourth-order valence-corrected chi connectivity index (χ4v) is 3.02. The van der Waals surface area contributed by atoms with Gasteiger partial charge in [-0.2, -0.15) is 0 Å². The van der Waals surface area contributed by atoms with Crippen LogP contribution < -0.4 is 10.2 Å². The zero-order valence-corrected chi connectivity index (χ0v) is 14.8. The van der Waals surface area contributed by atoms with Crippen molar-refractivity contribution >= 4 is 21.6 Å². The van der Waals surface area contributed by atoms with Gasteiger partial charge < -0.3 is 5.32 Å². The van der Waals surface area contributed by atoms with E-state index in [0.717, 1.165) is 0 Å². The number of non-ortho nitro benzene ring substituents is 1. The fraction of sp³-hybridized carbons (Fsp3) is 0.188. The van der Waals surface area contributed by atoms with Crippen LogP contribution in [0.1, 0.15) is 28.9 Å². The highest BCUT2D eigenvalue weighted by atomic mass is 32.2. The Bertz CT molecular complexity index is 912. The van der Waals surface area contributed by atoms with Crippen LogP contribution >= 0.6 is 0 Å². The van der Waals surface area contributed by atoms with E-state index in [1.807, 2.05) is 4.89 Å². The molecule has 9 nitrogen and oxygen atoms in total. The second-order valence-corrected chi connectivity index (χ2v) is 7.01. The molecule has 10 heteroatoms. The molecule has 0 bridgehead atoms. The number of amides is 1. The molecular formula is C16H17N3O6S. The summed E-state index contributed by atoms with van der Waals surface area (Å²) in [4.78, 5) is 28.8. The fourth-order valence-electron chi connectivity index (χ4n) is 2.21. The van der Waals surface area contributed by atoms with E-state index in [0.29, 0.717) is 5.56 Å². The van der Waals surface area contributed by atoms with Crippen LogP contribution in [-0.2, 0) is 14.9 Å². The van der Waals surface area contributed by atoms with Crippen molar-refractivity contribution in [2.24, 2.45) is 0 Å². The van der Waals surface area contributed by atoms with Gasteiger partial charge in [-0.1, -0.05) is 17.0 Å². The first-order chi connectivity index (χ1) is 12.2. The van der Waals surface area contributed by atoms with Crippen LogP contribution in [0.5, 0.6) is 0 Å². The molecule has 0 aliphatic carbocycles. The number of nitro groups is 1. The monoisotopic (exact) mass is 379 g/mol. The molecule has 0 aromatic heterocycles. The maximum Gasteiger partial charge on any atom is 0.269 e. The van der Waals surface area contributed by atoms with Crippen molar-refractivity contribution in [3.05, 3.63) is 69.8 Å². The van der Waals surface area contributed by atoms with E-state index in [4.69, 9.17) is 0 Å². The number of nitro benzene ring substituents is 1. The highest BCUT2D eigenvalue weighted by Crippen LogP contribution is 2.19. The number of hydrogen-bond acceptors (Lipinski definition) is 6. The summed E-state index contributed by atoms with van der Waals surface area (Å²) in [5, 5.41) is 13.5. The zero-order valence-electron chi connectivity index (χ0n) is 14.0. The van der Waals surface area contributed by atoms with Crippen molar-refractivity contribution in [3.8, 4) is 0 Å². The summed E-state index contributed by atoms with van der Waals surface area (Å²) in [6.07, 6.45) is 0. The number of sulfonamides is 1. The molecule has 2 rings (SSSR count). The third kappa shape index (κ3) is 4.63. The molecule has 0 saturated carbocycles. The second-order valence-electron chi connectivity index (χ2n) is 5.36. The van der Waals surface area contributed by atoms with Gasteiger partial charge in [-0.05, 0) is 36.8 Å². The topological polar surface area (TPSA) is 128 Å². The summed E-state index contributed by atoms with van der Waals surface area (Å²) in [5.74, 6) is -0.437. The summed E-state index contributed by atoms with van der Waals surface area (Å²) in [5.41, 5.74) is 0.762. The molecule has 0 heterocycles. The van der Waals surface area contributed by atoms with Gasteiger partial charge in [0.15, 0.2) is 0 Å². The molecule has 1 atom stereocenters. The molecule has 1 unspecified atom stereocenters. The quantitative estimate of drug-likeness (QED) is 0.559. The Balaban J connectivity index is 2.12. The molecule has 2 aromatic carbocycles. The van der Waals surface area contributed by atoms with Gasteiger partial charge in [0.1, 0.15) is 0 Å². The molecule has 0 saturated heterocycles. The van der Waals surface area contributed by atoms with Crippen LogP contribution in [0.3, 0.4) is 0 Å². The first-order valence-electron chi connectivity index (χ1n) is 7.44. The highest BCUT2D eigenvalue weighted by Gasteiger charge is 2.17. The first kappa shape index (κ1) is 19.5. The van der Waals surface area contributed by atoms with E-state index in [1.54, 1.807) is 19.1 Å².